The lowest BCUT2D eigenvalue weighted by Gasteiger charge is -2.26. The number of anilines is 1. The topological polar surface area (TPSA) is 83.6 Å². The number of carboxylic acid groups (broad SMARTS) is 1. The van der Waals surface area contributed by atoms with E-state index in [1.165, 1.54) is 18.3 Å². The van der Waals surface area contributed by atoms with Crippen molar-refractivity contribution < 1.29 is 14.7 Å². The third kappa shape index (κ3) is 1.65. The smallest absolute Gasteiger partial charge is 0.339 e. The summed E-state index contributed by atoms with van der Waals surface area (Å²) in [7, 11) is 0. The fraction of sp³-hybridized carbons (Fsp3) is 0.400. The van der Waals surface area contributed by atoms with E-state index in [-0.39, 0.29) is 11.5 Å². The zero-order chi connectivity index (χ0) is 11.9. The fourth-order valence-electron chi connectivity index (χ4n) is 1.91. The summed E-state index contributed by atoms with van der Waals surface area (Å²) >= 11 is 1.32. The Morgan fingerprint density at radius 2 is 2.19 bits per heavy atom. The summed E-state index contributed by atoms with van der Waals surface area (Å²) in [5, 5.41) is 9.39. The molecule has 0 aromatic carbocycles. The first-order valence-electron chi connectivity index (χ1n) is 4.89. The molecule has 2 heterocycles. The SMILES string of the molecule is CC(=O)N1CCc2sc(N)c(C(=O)O)c2C1. The van der Waals surface area contributed by atoms with E-state index in [4.69, 9.17) is 10.8 Å². The zero-order valence-corrected chi connectivity index (χ0v) is 9.63. The fourth-order valence-corrected chi connectivity index (χ4v) is 2.97. The average Bonchev–Trinajstić information content (AvgIpc) is 2.51. The number of nitrogen functional groups attached to an aromatic ring is 1. The van der Waals surface area contributed by atoms with Crippen LogP contribution < -0.4 is 5.73 Å². The summed E-state index contributed by atoms with van der Waals surface area (Å²) in [4.78, 5) is 24.9. The monoisotopic (exact) mass is 240 g/mol. The molecule has 0 fully saturated rings. The summed E-state index contributed by atoms with van der Waals surface area (Å²) in [6, 6.07) is 0. The molecule has 5 nitrogen and oxygen atoms in total. The number of nitrogens with two attached hydrogens (primary N) is 1. The Balaban J connectivity index is 2.42. The highest BCUT2D eigenvalue weighted by Gasteiger charge is 2.27. The first kappa shape index (κ1) is 10.9. The molecule has 86 valence electrons. The summed E-state index contributed by atoms with van der Waals surface area (Å²) in [5.74, 6) is -1.05. The van der Waals surface area contributed by atoms with Crippen LogP contribution in [0.4, 0.5) is 5.00 Å². The van der Waals surface area contributed by atoms with Gasteiger partial charge in [-0.2, -0.15) is 0 Å². The molecule has 0 atom stereocenters. The van der Waals surface area contributed by atoms with Crippen LogP contribution in [0.15, 0.2) is 0 Å². The number of amides is 1. The van der Waals surface area contributed by atoms with Gasteiger partial charge in [0.25, 0.3) is 0 Å². The number of rotatable bonds is 1. The number of aromatic carboxylic acids is 1. The van der Waals surface area contributed by atoms with Crippen molar-refractivity contribution in [3.8, 4) is 0 Å². The summed E-state index contributed by atoms with van der Waals surface area (Å²) in [5.41, 5.74) is 6.56. The molecule has 1 aromatic heterocycles. The summed E-state index contributed by atoms with van der Waals surface area (Å²) in [6.07, 6.45) is 0.692. The predicted molar refractivity (Wildman–Crippen MR) is 60.5 cm³/mol. The first-order chi connectivity index (χ1) is 7.50. The van der Waals surface area contributed by atoms with E-state index in [0.29, 0.717) is 30.1 Å². The van der Waals surface area contributed by atoms with Crippen LogP contribution in [0.25, 0.3) is 0 Å². The van der Waals surface area contributed by atoms with Crippen LogP contribution in [0.2, 0.25) is 0 Å². The maximum absolute atomic E-state index is 11.2. The zero-order valence-electron chi connectivity index (χ0n) is 8.82. The van der Waals surface area contributed by atoms with E-state index in [1.807, 2.05) is 0 Å². The molecule has 2 rings (SSSR count). The van der Waals surface area contributed by atoms with E-state index in [0.717, 1.165) is 4.88 Å². The first-order valence-corrected chi connectivity index (χ1v) is 5.71. The molecule has 0 unspecified atom stereocenters. The molecule has 3 N–H and O–H groups in total. The minimum absolute atomic E-state index is 0.0354. The molecular formula is C10H12N2O3S. The Hall–Kier alpha value is -1.56. The van der Waals surface area contributed by atoms with Gasteiger partial charge in [0, 0.05) is 30.5 Å². The lowest BCUT2D eigenvalue weighted by atomic mass is 10.0. The highest BCUT2D eigenvalue weighted by molar-refractivity contribution is 7.16. The van der Waals surface area contributed by atoms with E-state index in [2.05, 4.69) is 0 Å². The Morgan fingerprint density at radius 1 is 1.50 bits per heavy atom. The van der Waals surface area contributed by atoms with Crippen LogP contribution in [0.5, 0.6) is 0 Å². The van der Waals surface area contributed by atoms with Gasteiger partial charge < -0.3 is 15.7 Å². The largest absolute Gasteiger partial charge is 0.478 e. The maximum Gasteiger partial charge on any atom is 0.339 e. The molecule has 1 aromatic rings. The van der Waals surface area contributed by atoms with Crippen molar-refractivity contribution in [1.29, 1.82) is 0 Å². The maximum atomic E-state index is 11.2. The number of carboxylic acids is 1. The van der Waals surface area contributed by atoms with Crippen molar-refractivity contribution in [2.45, 2.75) is 19.9 Å². The molecule has 0 radical (unpaired) electrons. The molecule has 1 aliphatic heterocycles. The van der Waals surface area contributed by atoms with Gasteiger partial charge in [-0.3, -0.25) is 4.79 Å². The normalized spacial score (nSPS) is 14.7. The molecular weight excluding hydrogens is 228 g/mol. The number of carbonyl (C=O) groups is 2. The number of hydrogen-bond donors (Lipinski definition) is 2. The van der Waals surface area contributed by atoms with Gasteiger partial charge in [-0.25, -0.2) is 4.79 Å². The van der Waals surface area contributed by atoms with Gasteiger partial charge in [-0.1, -0.05) is 0 Å². The standard InChI is InChI=1S/C10H12N2O3S/c1-5(13)12-3-2-7-6(4-12)8(10(14)15)9(11)16-7/h2-4,11H2,1H3,(H,14,15). The van der Waals surface area contributed by atoms with Crippen molar-refractivity contribution in [1.82, 2.24) is 4.90 Å². The number of hydrogen-bond acceptors (Lipinski definition) is 4. The molecule has 0 saturated carbocycles. The van der Waals surface area contributed by atoms with Crippen LogP contribution in [-0.4, -0.2) is 28.4 Å². The predicted octanol–water partition coefficient (Wildman–Crippen LogP) is 0.933. The lowest BCUT2D eigenvalue weighted by molar-refractivity contribution is -0.129. The lowest BCUT2D eigenvalue weighted by Crippen LogP contribution is -2.34. The van der Waals surface area contributed by atoms with Crippen molar-refractivity contribution in [2.75, 3.05) is 12.3 Å². The van der Waals surface area contributed by atoms with Crippen LogP contribution in [0.3, 0.4) is 0 Å². The van der Waals surface area contributed by atoms with Gasteiger partial charge in [0.05, 0.1) is 5.56 Å². The van der Waals surface area contributed by atoms with Crippen molar-refractivity contribution in [3.63, 3.8) is 0 Å². The average molecular weight is 240 g/mol. The molecule has 0 spiro atoms. The molecule has 1 aliphatic rings. The van der Waals surface area contributed by atoms with Crippen molar-refractivity contribution >= 4 is 28.2 Å². The van der Waals surface area contributed by atoms with Crippen LogP contribution in [0, 0.1) is 0 Å². The summed E-state index contributed by atoms with van der Waals surface area (Å²) < 4.78 is 0. The number of fused-ring (bicyclic) bond motifs is 1. The van der Waals surface area contributed by atoms with Gasteiger partial charge in [0.15, 0.2) is 0 Å². The molecule has 1 amide bonds. The Morgan fingerprint density at radius 3 is 2.75 bits per heavy atom. The van der Waals surface area contributed by atoms with Gasteiger partial charge in [0.1, 0.15) is 5.00 Å². The van der Waals surface area contributed by atoms with Gasteiger partial charge in [0.2, 0.25) is 5.91 Å². The molecule has 0 saturated heterocycles. The molecule has 0 aliphatic carbocycles. The van der Waals surface area contributed by atoms with Gasteiger partial charge in [-0.05, 0) is 6.42 Å². The van der Waals surface area contributed by atoms with E-state index >= 15 is 0 Å². The second-order valence-electron chi connectivity index (χ2n) is 3.74. The second kappa shape index (κ2) is 3.79. The molecule has 16 heavy (non-hydrogen) atoms. The minimum Gasteiger partial charge on any atom is -0.478 e. The summed E-state index contributed by atoms with van der Waals surface area (Å²) in [6.45, 7) is 2.49. The number of carbonyl (C=O) groups excluding carboxylic acids is 1. The highest BCUT2D eigenvalue weighted by Crippen LogP contribution is 2.34. The van der Waals surface area contributed by atoms with Crippen LogP contribution >= 0.6 is 11.3 Å². The third-order valence-corrected chi connectivity index (χ3v) is 3.86. The van der Waals surface area contributed by atoms with Gasteiger partial charge in [-0.15, -0.1) is 11.3 Å². The van der Waals surface area contributed by atoms with E-state index in [9.17, 15) is 9.59 Å². The molecule has 6 heteroatoms. The van der Waals surface area contributed by atoms with Crippen LogP contribution in [-0.2, 0) is 17.8 Å². The minimum atomic E-state index is -1.01. The second-order valence-corrected chi connectivity index (χ2v) is 4.88. The number of nitrogens with zero attached hydrogens (tertiary/aromatic N) is 1. The number of thiophene rings is 1. The van der Waals surface area contributed by atoms with Gasteiger partial charge >= 0.3 is 5.97 Å². The van der Waals surface area contributed by atoms with Crippen LogP contribution in [0.1, 0.15) is 27.7 Å². The third-order valence-electron chi connectivity index (χ3n) is 2.73. The van der Waals surface area contributed by atoms with Crippen molar-refractivity contribution in [2.24, 2.45) is 0 Å². The van der Waals surface area contributed by atoms with E-state index in [1.54, 1.807) is 4.90 Å². The van der Waals surface area contributed by atoms with E-state index < -0.39 is 5.97 Å². The molecule has 0 bridgehead atoms. The van der Waals surface area contributed by atoms with Crippen molar-refractivity contribution in [3.05, 3.63) is 16.0 Å². The quantitative estimate of drug-likeness (QED) is 0.765. The Bertz CT molecular complexity index is 467. The Kier molecular flexibility index (Phi) is 2.59. The highest BCUT2D eigenvalue weighted by atomic mass is 32.1. The Labute approximate surface area is 96.5 Å².